The number of aromatic nitrogens is 1. The third-order valence-corrected chi connectivity index (χ3v) is 3.83. The first-order valence-corrected chi connectivity index (χ1v) is 6.36. The minimum atomic E-state index is 0.0890. The summed E-state index contributed by atoms with van der Waals surface area (Å²) in [6, 6.07) is 6.04. The summed E-state index contributed by atoms with van der Waals surface area (Å²) in [5, 5.41) is 5.41. The fourth-order valence-electron chi connectivity index (χ4n) is 1.86. The predicted octanol–water partition coefficient (Wildman–Crippen LogP) is 2.77. The van der Waals surface area contributed by atoms with E-state index in [1.54, 1.807) is 24.6 Å². The lowest BCUT2D eigenvalue weighted by Crippen LogP contribution is -2.19. The highest BCUT2D eigenvalue weighted by molar-refractivity contribution is 7.10. The number of pyridine rings is 1. The molecule has 3 nitrogen and oxygen atoms in total. The fraction of sp³-hybridized carbons (Fsp3) is 0.308. The molecular formula is C13H16N2OS. The largest absolute Gasteiger partial charge is 0.495 e. The standard InChI is InChI=1S/C13H16N2OS/c1-9-6-8-17-13(9)12(14-2)11-10(16-3)5-4-7-15-11/h4-8,12,14H,1-3H3. The molecule has 0 amide bonds. The van der Waals surface area contributed by atoms with Crippen molar-refractivity contribution in [3.8, 4) is 5.75 Å². The molecule has 0 aliphatic rings. The highest BCUT2D eigenvalue weighted by Gasteiger charge is 2.20. The Morgan fingerprint density at radius 3 is 2.82 bits per heavy atom. The number of methoxy groups -OCH3 is 1. The number of thiophene rings is 1. The first-order chi connectivity index (χ1) is 8.27. The Bertz CT molecular complexity index is 496. The topological polar surface area (TPSA) is 34.2 Å². The maximum atomic E-state index is 5.37. The molecule has 1 N–H and O–H groups in total. The van der Waals surface area contributed by atoms with Gasteiger partial charge in [0.2, 0.25) is 0 Å². The van der Waals surface area contributed by atoms with Gasteiger partial charge in [-0.1, -0.05) is 0 Å². The quantitative estimate of drug-likeness (QED) is 0.903. The molecule has 0 saturated heterocycles. The first-order valence-electron chi connectivity index (χ1n) is 5.48. The van der Waals surface area contributed by atoms with Crippen LogP contribution in [0.25, 0.3) is 0 Å². The number of hydrogen-bond acceptors (Lipinski definition) is 4. The minimum Gasteiger partial charge on any atom is -0.495 e. The van der Waals surface area contributed by atoms with Gasteiger partial charge < -0.3 is 10.1 Å². The van der Waals surface area contributed by atoms with Gasteiger partial charge in [-0.25, -0.2) is 0 Å². The van der Waals surface area contributed by atoms with Crippen LogP contribution in [0.5, 0.6) is 5.75 Å². The van der Waals surface area contributed by atoms with Crippen LogP contribution in [0.4, 0.5) is 0 Å². The summed E-state index contributed by atoms with van der Waals surface area (Å²) in [5.41, 5.74) is 2.21. The van der Waals surface area contributed by atoms with Crippen molar-refractivity contribution in [3.63, 3.8) is 0 Å². The van der Waals surface area contributed by atoms with Gasteiger partial charge in [-0.2, -0.15) is 0 Å². The van der Waals surface area contributed by atoms with Crippen LogP contribution < -0.4 is 10.1 Å². The molecule has 0 aliphatic carbocycles. The molecule has 0 saturated carbocycles. The summed E-state index contributed by atoms with van der Waals surface area (Å²) in [6.45, 7) is 2.12. The highest BCUT2D eigenvalue weighted by atomic mass is 32.1. The molecule has 0 spiro atoms. The van der Waals surface area contributed by atoms with Crippen LogP contribution in [0.15, 0.2) is 29.8 Å². The zero-order valence-electron chi connectivity index (χ0n) is 10.2. The van der Waals surface area contributed by atoms with Gasteiger partial charge in [-0.3, -0.25) is 4.98 Å². The van der Waals surface area contributed by atoms with E-state index in [-0.39, 0.29) is 6.04 Å². The average Bonchev–Trinajstić information content (AvgIpc) is 2.78. The van der Waals surface area contributed by atoms with Crippen molar-refractivity contribution < 1.29 is 4.74 Å². The fourth-order valence-corrected chi connectivity index (χ4v) is 2.90. The summed E-state index contributed by atoms with van der Waals surface area (Å²) in [5.74, 6) is 0.819. The molecule has 90 valence electrons. The molecule has 0 aliphatic heterocycles. The molecule has 4 heteroatoms. The average molecular weight is 248 g/mol. The molecule has 2 heterocycles. The second-order valence-electron chi connectivity index (χ2n) is 3.78. The lowest BCUT2D eigenvalue weighted by molar-refractivity contribution is 0.402. The van der Waals surface area contributed by atoms with Gasteiger partial charge in [-0.15, -0.1) is 11.3 Å². The molecule has 2 aromatic heterocycles. The summed E-state index contributed by atoms with van der Waals surface area (Å²) in [6.07, 6.45) is 1.80. The normalized spacial score (nSPS) is 12.4. The van der Waals surface area contributed by atoms with E-state index in [0.29, 0.717) is 0 Å². The van der Waals surface area contributed by atoms with Crippen LogP contribution in [0, 0.1) is 6.92 Å². The summed E-state index contributed by atoms with van der Waals surface area (Å²) < 4.78 is 5.37. The number of hydrogen-bond donors (Lipinski definition) is 1. The molecule has 17 heavy (non-hydrogen) atoms. The second-order valence-corrected chi connectivity index (χ2v) is 4.73. The lowest BCUT2D eigenvalue weighted by atomic mass is 10.1. The van der Waals surface area contributed by atoms with Gasteiger partial charge in [0.25, 0.3) is 0 Å². The van der Waals surface area contributed by atoms with Crippen LogP contribution >= 0.6 is 11.3 Å². The number of ether oxygens (including phenoxy) is 1. The van der Waals surface area contributed by atoms with Crippen molar-refractivity contribution in [1.29, 1.82) is 0 Å². The predicted molar refractivity (Wildman–Crippen MR) is 70.7 cm³/mol. The van der Waals surface area contributed by atoms with E-state index in [0.717, 1.165) is 11.4 Å². The molecule has 1 unspecified atom stereocenters. The van der Waals surface area contributed by atoms with Gasteiger partial charge in [0.1, 0.15) is 11.4 Å². The number of aryl methyl sites for hydroxylation is 1. The van der Waals surface area contributed by atoms with Crippen molar-refractivity contribution in [2.45, 2.75) is 13.0 Å². The Kier molecular flexibility index (Phi) is 3.76. The van der Waals surface area contributed by atoms with E-state index in [1.807, 2.05) is 19.2 Å². The smallest absolute Gasteiger partial charge is 0.142 e. The van der Waals surface area contributed by atoms with E-state index < -0.39 is 0 Å². The van der Waals surface area contributed by atoms with Crippen LogP contribution in [0.1, 0.15) is 22.2 Å². The van der Waals surface area contributed by atoms with E-state index in [1.165, 1.54) is 10.4 Å². The van der Waals surface area contributed by atoms with Crippen LogP contribution in [-0.2, 0) is 0 Å². The summed E-state index contributed by atoms with van der Waals surface area (Å²) in [7, 11) is 3.62. The van der Waals surface area contributed by atoms with E-state index in [2.05, 4.69) is 28.7 Å². The first kappa shape index (κ1) is 12.1. The Hall–Kier alpha value is -1.39. The van der Waals surface area contributed by atoms with Crippen molar-refractivity contribution >= 4 is 11.3 Å². The van der Waals surface area contributed by atoms with Crippen LogP contribution in [0.3, 0.4) is 0 Å². The zero-order valence-corrected chi connectivity index (χ0v) is 11.0. The number of nitrogens with zero attached hydrogens (tertiary/aromatic N) is 1. The Morgan fingerprint density at radius 2 is 2.24 bits per heavy atom. The third kappa shape index (κ3) is 2.33. The minimum absolute atomic E-state index is 0.0890. The second kappa shape index (κ2) is 5.29. The highest BCUT2D eigenvalue weighted by Crippen LogP contribution is 2.32. The maximum absolute atomic E-state index is 5.37. The molecule has 0 fully saturated rings. The monoisotopic (exact) mass is 248 g/mol. The van der Waals surface area contributed by atoms with E-state index >= 15 is 0 Å². The maximum Gasteiger partial charge on any atom is 0.142 e. The number of rotatable bonds is 4. The van der Waals surface area contributed by atoms with Crippen LogP contribution in [0.2, 0.25) is 0 Å². The van der Waals surface area contributed by atoms with Crippen molar-refractivity contribution in [3.05, 3.63) is 45.9 Å². The molecule has 2 aromatic rings. The molecule has 0 bridgehead atoms. The summed E-state index contributed by atoms with van der Waals surface area (Å²) >= 11 is 1.74. The van der Waals surface area contributed by atoms with E-state index in [4.69, 9.17) is 4.74 Å². The van der Waals surface area contributed by atoms with Gasteiger partial charge in [0.15, 0.2) is 0 Å². The van der Waals surface area contributed by atoms with Gasteiger partial charge >= 0.3 is 0 Å². The summed E-state index contributed by atoms with van der Waals surface area (Å²) in [4.78, 5) is 5.72. The molecule has 0 aromatic carbocycles. The Morgan fingerprint density at radius 1 is 1.41 bits per heavy atom. The molecule has 0 radical (unpaired) electrons. The van der Waals surface area contributed by atoms with Gasteiger partial charge in [-0.05, 0) is 43.1 Å². The SMILES string of the molecule is CNC(c1ncccc1OC)c1sccc1C. The van der Waals surface area contributed by atoms with Crippen molar-refractivity contribution in [2.24, 2.45) is 0 Å². The Labute approximate surface area is 105 Å². The lowest BCUT2D eigenvalue weighted by Gasteiger charge is -2.17. The van der Waals surface area contributed by atoms with Gasteiger partial charge in [0, 0.05) is 11.1 Å². The van der Waals surface area contributed by atoms with Crippen LogP contribution in [-0.4, -0.2) is 19.1 Å². The molecule has 1 atom stereocenters. The molecular weight excluding hydrogens is 232 g/mol. The van der Waals surface area contributed by atoms with E-state index in [9.17, 15) is 0 Å². The van der Waals surface area contributed by atoms with Crippen molar-refractivity contribution in [1.82, 2.24) is 10.3 Å². The zero-order chi connectivity index (χ0) is 12.3. The van der Waals surface area contributed by atoms with Crippen molar-refractivity contribution in [2.75, 3.05) is 14.2 Å². The molecule has 2 rings (SSSR count). The Balaban J connectivity index is 2.46. The van der Waals surface area contributed by atoms with Gasteiger partial charge in [0.05, 0.1) is 13.2 Å². The number of nitrogens with one attached hydrogen (secondary N) is 1. The third-order valence-electron chi connectivity index (χ3n) is 2.75.